The van der Waals surface area contributed by atoms with E-state index in [1.165, 1.54) is 18.2 Å². The summed E-state index contributed by atoms with van der Waals surface area (Å²) < 4.78 is 0. The predicted molar refractivity (Wildman–Crippen MR) is 37.0 cm³/mol. The average molecular weight is 137 g/mol. The first-order chi connectivity index (χ1) is 4.74. The Bertz CT molecular complexity index is 246. The lowest BCUT2D eigenvalue weighted by Crippen LogP contribution is -2.21. The van der Waals surface area contributed by atoms with Crippen LogP contribution in [0.3, 0.4) is 0 Å². The van der Waals surface area contributed by atoms with Crippen LogP contribution < -0.4 is 5.73 Å². The van der Waals surface area contributed by atoms with Crippen LogP contribution in [0.25, 0.3) is 0 Å². The van der Waals surface area contributed by atoms with Gasteiger partial charge >= 0.3 is 0 Å². The second-order valence-electron chi connectivity index (χ2n) is 2.01. The molecular formula is C7H7NO2. The molecule has 1 atom stereocenters. The molecule has 1 unspecified atom stereocenters. The summed E-state index contributed by atoms with van der Waals surface area (Å²) in [7, 11) is 0. The van der Waals surface area contributed by atoms with E-state index in [0.29, 0.717) is 5.57 Å². The number of hydrogen-bond acceptors (Lipinski definition) is 3. The molecule has 0 aromatic rings. The molecule has 1 aliphatic carbocycles. The lowest BCUT2D eigenvalue weighted by atomic mass is 10.0. The summed E-state index contributed by atoms with van der Waals surface area (Å²) in [6, 6.07) is -0.512. The van der Waals surface area contributed by atoms with Gasteiger partial charge in [0.1, 0.15) is 11.7 Å². The molecule has 3 N–H and O–H groups in total. The fourth-order valence-electron chi connectivity index (χ4n) is 0.718. The van der Waals surface area contributed by atoms with Gasteiger partial charge in [-0.2, -0.15) is 0 Å². The molecule has 0 radical (unpaired) electrons. The molecule has 0 saturated carbocycles. The average Bonchev–Trinajstić information content (AvgIpc) is 1.88. The number of aliphatic hydroxyl groups excluding tert-OH is 1. The van der Waals surface area contributed by atoms with Crippen LogP contribution in [-0.4, -0.2) is 17.1 Å². The van der Waals surface area contributed by atoms with Crippen LogP contribution in [0.15, 0.2) is 29.6 Å². The molecule has 52 valence electrons. The SMILES string of the molecule is NC1C=C(O)C=CC1=C=O. The van der Waals surface area contributed by atoms with Gasteiger partial charge in [0.15, 0.2) is 0 Å². The van der Waals surface area contributed by atoms with E-state index < -0.39 is 6.04 Å². The smallest absolute Gasteiger partial charge is 0.129 e. The van der Waals surface area contributed by atoms with E-state index in [1.54, 1.807) is 5.94 Å². The highest BCUT2D eigenvalue weighted by Crippen LogP contribution is 2.09. The van der Waals surface area contributed by atoms with Crippen molar-refractivity contribution in [2.75, 3.05) is 0 Å². The number of hydrogen-bond donors (Lipinski definition) is 2. The number of allylic oxidation sites excluding steroid dienone is 1. The lowest BCUT2D eigenvalue weighted by molar-refractivity contribution is 0.427. The first-order valence-corrected chi connectivity index (χ1v) is 2.83. The summed E-state index contributed by atoms with van der Waals surface area (Å²) in [6.45, 7) is 0. The summed E-state index contributed by atoms with van der Waals surface area (Å²) in [5.41, 5.74) is 5.75. The summed E-state index contributed by atoms with van der Waals surface area (Å²) in [4.78, 5) is 10.1. The van der Waals surface area contributed by atoms with Crippen LogP contribution in [0.1, 0.15) is 0 Å². The topological polar surface area (TPSA) is 63.3 Å². The summed E-state index contributed by atoms with van der Waals surface area (Å²) >= 11 is 0. The molecule has 0 heterocycles. The van der Waals surface area contributed by atoms with Crippen LogP contribution in [0.4, 0.5) is 0 Å². The predicted octanol–water partition coefficient (Wildman–Crippen LogP) is 0.0834. The van der Waals surface area contributed by atoms with Crippen LogP contribution in [0.2, 0.25) is 0 Å². The highest BCUT2D eigenvalue weighted by Gasteiger charge is 2.09. The Morgan fingerprint density at radius 1 is 1.60 bits per heavy atom. The first kappa shape index (κ1) is 6.81. The van der Waals surface area contributed by atoms with Crippen LogP contribution in [0.5, 0.6) is 0 Å². The molecule has 1 aliphatic rings. The van der Waals surface area contributed by atoms with Crippen LogP contribution in [-0.2, 0) is 4.79 Å². The van der Waals surface area contributed by atoms with Crippen molar-refractivity contribution >= 4 is 5.94 Å². The Morgan fingerprint density at radius 2 is 2.30 bits per heavy atom. The van der Waals surface area contributed by atoms with Gasteiger partial charge in [-0.3, -0.25) is 0 Å². The maximum Gasteiger partial charge on any atom is 0.129 e. The van der Waals surface area contributed by atoms with Gasteiger partial charge in [-0.25, -0.2) is 4.79 Å². The van der Waals surface area contributed by atoms with E-state index in [4.69, 9.17) is 10.8 Å². The standard InChI is InChI=1S/C7H7NO2/c8-7-3-6(10)2-1-5(7)4-9/h1-3,7,10H,8H2. The van der Waals surface area contributed by atoms with Gasteiger partial charge < -0.3 is 10.8 Å². The van der Waals surface area contributed by atoms with Crippen molar-refractivity contribution in [3.8, 4) is 0 Å². The summed E-state index contributed by atoms with van der Waals surface area (Å²) in [6.07, 6.45) is 4.25. The molecular weight excluding hydrogens is 130 g/mol. The van der Waals surface area contributed by atoms with E-state index in [2.05, 4.69) is 0 Å². The van der Waals surface area contributed by atoms with E-state index in [1.807, 2.05) is 0 Å². The second kappa shape index (κ2) is 2.52. The minimum absolute atomic E-state index is 0.0894. The Morgan fingerprint density at radius 3 is 2.80 bits per heavy atom. The molecule has 1 rings (SSSR count). The van der Waals surface area contributed by atoms with Gasteiger partial charge in [-0.15, -0.1) is 0 Å². The van der Waals surface area contributed by atoms with Crippen molar-refractivity contribution < 1.29 is 9.90 Å². The molecule has 3 heteroatoms. The second-order valence-corrected chi connectivity index (χ2v) is 2.01. The van der Waals surface area contributed by atoms with Crippen molar-refractivity contribution in [2.24, 2.45) is 5.73 Å². The lowest BCUT2D eigenvalue weighted by Gasteiger charge is -2.08. The van der Waals surface area contributed by atoms with Crippen molar-refractivity contribution in [3.05, 3.63) is 29.6 Å². The van der Waals surface area contributed by atoms with Crippen molar-refractivity contribution in [1.29, 1.82) is 0 Å². The first-order valence-electron chi connectivity index (χ1n) is 2.83. The normalized spacial score (nSPS) is 23.9. The molecule has 0 aliphatic heterocycles. The Kier molecular flexibility index (Phi) is 1.71. The van der Waals surface area contributed by atoms with Crippen LogP contribution >= 0.6 is 0 Å². The van der Waals surface area contributed by atoms with Crippen molar-refractivity contribution in [1.82, 2.24) is 0 Å². The van der Waals surface area contributed by atoms with Gasteiger partial charge in [0, 0.05) is 0 Å². The minimum Gasteiger partial charge on any atom is -0.508 e. The molecule has 0 fully saturated rings. The zero-order valence-corrected chi connectivity index (χ0v) is 5.24. The number of carbonyl (C=O) groups excluding carboxylic acids is 1. The zero-order chi connectivity index (χ0) is 7.56. The highest BCUT2D eigenvalue weighted by molar-refractivity contribution is 5.62. The van der Waals surface area contributed by atoms with Gasteiger partial charge in [0.2, 0.25) is 0 Å². The van der Waals surface area contributed by atoms with Crippen LogP contribution in [0, 0.1) is 0 Å². The third-order valence-corrected chi connectivity index (χ3v) is 1.26. The number of rotatable bonds is 0. The molecule has 10 heavy (non-hydrogen) atoms. The highest BCUT2D eigenvalue weighted by atomic mass is 16.3. The quantitative estimate of drug-likeness (QED) is 0.465. The van der Waals surface area contributed by atoms with Crippen molar-refractivity contribution in [2.45, 2.75) is 6.04 Å². The molecule has 3 nitrogen and oxygen atoms in total. The monoisotopic (exact) mass is 137 g/mol. The largest absolute Gasteiger partial charge is 0.508 e. The third-order valence-electron chi connectivity index (χ3n) is 1.26. The van der Waals surface area contributed by atoms with Gasteiger partial charge in [0.05, 0.1) is 11.6 Å². The molecule has 0 saturated heterocycles. The van der Waals surface area contributed by atoms with Crippen molar-refractivity contribution in [3.63, 3.8) is 0 Å². The number of aliphatic hydroxyl groups is 1. The van der Waals surface area contributed by atoms with Gasteiger partial charge in [0.25, 0.3) is 0 Å². The van der Waals surface area contributed by atoms with Gasteiger partial charge in [-0.05, 0) is 18.2 Å². The van der Waals surface area contributed by atoms with E-state index in [9.17, 15) is 4.79 Å². The van der Waals surface area contributed by atoms with E-state index >= 15 is 0 Å². The molecule has 0 aromatic heterocycles. The zero-order valence-electron chi connectivity index (χ0n) is 5.24. The van der Waals surface area contributed by atoms with Gasteiger partial charge in [-0.1, -0.05) is 0 Å². The number of nitrogens with two attached hydrogens (primary N) is 1. The Labute approximate surface area is 58.1 Å². The Hall–Kier alpha value is -1.31. The maximum absolute atomic E-state index is 10.1. The molecule has 0 bridgehead atoms. The van der Waals surface area contributed by atoms with E-state index in [0.717, 1.165) is 0 Å². The Balaban J connectivity index is 2.95. The molecule has 0 aromatic carbocycles. The summed E-state index contributed by atoms with van der Waals surface area (Å²) in [5, 5.41) is 8.84. The fraction of sp³-hybridized carbons (Fsp3) is 0.143. The molecule has 0 spiro atoms. The molecule has 0 amide bonds. The van der Waals surface area contributed by atoms with E-state index in [-0.39, 0.29) is 5.76 Å². The maximum atomic E-state index is 10.1. The summed E-state index contributed by atoms with van der Waals surface area (Å²) in [5.74, 6) is 1.76. The minimum atomic E-state index is -0.512. The third kappa shape index (κ3) is 1.16. The fourth-order valence-corrected chi connectivity index (χ4v) is 0.718.